The average Bonchev–Trinajstić information content (AvgIpc) is 3.61. The Bertz CT molecular complexity index is 2230. The van der Waals surface area contributed by atoms with E-state index in [1.165, 1.54) is 23.3 Å². The van der Waals surface area contributed by atoms with Gasteiger partial charge in [0.25, 0.3) is 5.91 Å². The quantitative estimate of drug-likeness (QED) is 0.0867. The lowest BCUT2D eigenvalue weighted by Gasteiger charge is -2.48. The summed E-state index contributed by atoms with van der Waals surface area (Å²) in [5.74, 6) is 1.48. The second-order valence-corrected chi connectivity index (χ2v) is 20.8. The highest BCUT2D eigenvalue weighted by Gasteiger charge is 2.42. The van der Waals surface area contributed by atoms with Crippen LogP contribution in [0.25, 0.3) is 0 Å². The zero-order valence-corrected chi connectivity index (χ0v) is 39.9. The molecule has 0 aliphatic carbocycles. The van der Waals surface area contributed by atoms with Crippen LogP contribution in [0.1, 0.15) is 114 Å². The Labute approximate surface area is 390 Å². The van der Waals surface area contributed by atoms with Crippen LogP contribution >= 0.6 is 0 Å². The number of piperidine rings is 3. The molecule has 6 N–H and O–H groups in total. The number of piperazine rings is 1. The number of aromatic nitrogens is 2. The van der Waals surface area contributed by atoms with E-state index in [1.54, 1.807) is 24.5 Å². The number of likely N-dealkylation sites (tertiary alicyclic amines) is 1. The number of rotatable bonds is 13. The highest BCUT2D eigenvalue weighted by Crippen LogP contribution is 2.34. The number of carbonyl (C=O) groups excluding carboxylic acids is 5. The first-order valence-electron chi connectivity index (χ1n) is 23.9. The van der Waals surface area contributed by atoms with Crippen molar-refractivity contribution in [2.45, 2.75) is 118 Å². The number of imide groups is 1. The van der Waals surface area contributed by atoms with Gasteiger partial charge in [-0.05, 0) is 99.2 Å². The summed E-state index contributed by atoms with van der Waals surface area (Å²) in [5, 5.41) is 12.1. The van der Waals surface area contributed by atoms with Crippen LogP contribution in [-0.4, -0.2) is 113 Å². The largest absolute Gasteiger partial charge is 0.398 e. The number of hydrogen-bond acceptors (Lipinski definition) is 12. The highest BCUT2D eigenvalue weighted by atomic mass is 16.2. The minimum Gasteiger partial charge on any atom is -0.398 e. The van der Waals surface area contributed by atoms with Gasteiger partial charge >= 0.3 is 0 Å². The summed E-state index contributed by atoms with van der Waals surface area (Å²) in [7, 11) is 0. The first-order valence-corrected chi connectivity index (χ1v) is 23.9. The number of nitrogen functional groups attached to an aromatic ring is 1. The highest BCUT2D eigenvalue weighted by molar-refractivity contribution is 6.06. The topological polar surface area (TPSA) is 198 Å². The van der Waals surface area contributed by atoms with Crippen molar-refractivity contribution in [3.05, 3.63) is 71.5 Å². The Kier molecular flexibility index (Phi) is 14.9. The fraction of sp³-hybridized carbons (Fsp3) is 0.580. The van der Waals surface area contributed by atoms with Crippen LogP contribution in [0.5, 0.6) is 0 Å². The van der Waals surface area contributed by atoms with Gasteiger partial charge in [0.1, 0.15) is 24.0 Å². The van der Waals surface area contributed by atoms with Crippen LogP contribution in [0, 0.1) is 16.7 Å². The molecule has 0 bridgehead atoms. The Balaban J connectivity index is 0.000000282. The number of fused-ring (bicyclic) bond motifs is 1. The monoisotopic (exact) mass is 906 g/mol. The molecule has 1 atom stereocenters. The molecule has 5 aliphatic heterocycles. The molecule has 1 unspecified atom stereocenters. The molecule has 4 saturated heterocycles. The molecule has 4 fully saturated rings. The molecule has 356 valence electrons. The Morgan fingerprint density at radius 2 is 1.64 bits per heavy atom. The fourth-order valence-corrected chi connectivity index (χ4v) is 10.1. The van der Waals surface area contributed by atoms with E-state index in [4.69, 9.17) is 5.73 Å². The molecule has 16 nitrogen and oxygen atoms in total. The third kappa shape index (κ3) is 12.0. The predicted molar refractivity (Wildman–Crippen MR) is 258 cm³/mol. The molecule has 3 aromatic rings. The van der Waals surface area contributed by atoms with Gasteiger partial charge in [-0.2, -0.15) is 0 Å². The van der Waals surface area contributed by atoms with E-state index in [9.17, 15) is 24.0 Å². The van der Waals surface area contributed by atoms with Crippen molar-refractivity contribution in [1.82, 2.24) is 35.7 Å². The van der Waals surface area contributed by atoms with Gasteiger partial charge in [0.2, 0.25) is 23.6 Å². The van der Waals surface area contributed by atoms with Gasteiger partial charge in [-0.15, -0.1) is 0 Å². The van der Waals surface area contributed by atoms with Crippen molar-refractivity contribution in [3.8, 4) is 0 Å². The van der Waals surface area contributed by atoms with Crippen molar-refractivity contribution in [2.24, 2.45) is 16.7 Å². The second-order valence-electron chi connectivity index (χ2n) is 20.8. The van der Waals surface area contributed by atoms with Gasteiger partial charge in [-0.25, -0.2) is 9.97 Å². The van der Waals surface area contributed by atoms with Crippen molar-refractivity contribution < 1.29 is 24.0 Å². The van der Waals surface area contributed by atoms with Crippen LogP contribution in [-0.2, 0) is 32.3 Å². The number of nitrogens with one attached hydrogen (secondary N) is 4. The van der Waals surface area contributed by atoms with E-state index in [-0.39, 0.29) is 41.0 Å². The maximum Gasteiger partial charge on any atom is 0.255 e. The summed E-state index contributed by atoms with van der Waals surface area (Å²) in [5.41, 5.74) is 10.0. The molecule has 0 radical (unpaired) electrons. The first-order chi connectivity index (χ1) is 31.4. The smallest absolute Gasteiger partial charge is 0.255 e. The average molecular weight is 906 g/mol. The van der Waals surface area contributed by atoms with Gasteiger partial charge in [0.15, 0.2) is 0 Å². The molecule has 8 rings (SSSR count). The molecule has 0 saturated carbocycles. The molecular weight excluding hydrogens is 835 g/mol. The SMILES string of the molecule is CC(C)CC(C)(C)C(=O)NCCCNc1cc(N2CCC3(CC2)CN(c2ccc(CN4CCC(C)(C)CC4)cc2)CC(=O)N3)ncn1.Nc1cccc2c1CN(C1CCC(=O)NC1=O)C2=O. The summed E-state index contributed by atoms with van der Waals surface area (Å²) in [4.78, 5) is 78.3. The summed E-state index contributed by atoms with van der Waals surface area (Å²) in [6.45, 7) is 20.9. The minimum absolute atomic E-state index is 0.0953. The van der Waals surface area contributed by atoms with Gasteiger partial charge < -0.3 is 36.4 Å². The maximum absolute atomic E-state index is 12.9. The number of hydrogen-bond donors (Lipinski definition) is 5. The van der Waals surface area contributed by atoms with Crippen molar-refractivity contribution in [2.75, 3.05) is 73.2 Å². The van der Waals surface area contributed by atoms with E-state index in [0.717, 1.165) is 87.8 Å². The molecule has 6 heterocycles. The van der Waals surface area contributed by atoms with Gasteiger partial charge in [0.05, 0.1) is 12.1 Å². The van der Waals surface area contributed by atoms with E-state index < -0.39 is 11.9 Å². The Hall–Kier alpha value is -5.77. The fourth-order valence-electron chi connectivity index (χ4n) is 10.1. The van der Waals surface area contributed by atoms with Crippen LogP contribution in [0.15, 0.2) is 54.9 Å². The lowest BCUT2D eigenvalue weighted by molar-refractivity contribution is -0.137. The predicted octanol–water partition coefficient (Wildman–Crippen LogP) is 5.09. The molecule has 5 amide bonds. The summed E-state index contributed by atoms with van der Waals surface area (Å²) in [6, 6.07) is 15.4. The number of anilines is 4. The van der Waals surface area contributed by atoms with Gasteiger partial charge in [-0.3, -0.25) is 34.2 Å². The minimum atomic E-state index is -0.586. The number of nitrogens with two attached hydrogens (primary N) is 1. The summed E-state index contributed by atoms with van der Waals surface area (Å²) < 4.78 is 0. The molecule has 16 heteroatoms. The molecule has 66 heavy (non-hydrogen) atoms. The summed E-state index contributed by atoms with van der Waals surface area (Å²) >= 11 is 0. The molecule has 2 aromatic carbocycles. The van der Waals surface area contributed by atoms with E-state index >= 15 is 0 Å². The number of benzene rings is 2. The standard InChI is InChI=1S/C37H58N8O2.C13H13N3O3/c1-28(2)23-36(5,6)34(47)39-17-7-16-38-31-22-32(41-27-40-31)44-20-14-37(15-21-44)26-45(25-33(46)42-37)30-10-8-29(9-11-30)24-43-18-12-35(3,4)13-19-43;14-9-3-1-2-7-8(9)6-16(13(7)19)10-4-5-11(17)15-12(10)18/h8-11,22,27-28H,7,12-21,23-26H2,1-6H3,(H,39,47)(H,42,46)(H,38,40,41);1-3,10H,4-6,14H2,(H,15,17,18). The van der Waals surface area contributed by atoms with Crippen LogP contribution in [0.4, 0.5) is 23.0 Å². The van der Waals surface area contributed by atoms with E-state index in [1.807, 2.05) is 19.9 Å². The van der Waals surface area contributed by atoms with Gasteiger partial charge in [0, 0.05) is 86.2 Å². The summed E-state index contributed by atoms with van der Waals surface area (Å²) in [6.07, 6.45) is 8.13. The zero-order chi connectivity index (χ0) is 47.2. The third-order valence-corrected chi connectivity index (χ3v) is 13.9. The molecule has 5 aliphatic rings. The number of nitrogens with zero attached hydrogens (tertiary/aromatic N) is 6. The molecular formula is C50H71N11O5. The lowest BCUT2D eigenvalue weighted by atomic mass is 9.82. The Morgan fingerprint density at radius 1 is 0.909 bits per heavy atom. The van der Waals surface area contributed by atoms with Crippen LogP contribution in [0.2, 0.25) is 0 Å². The first kappa shape index (κ1) is 48.2. The second kappa shape index (κ2) is 20.4. The number of carbonyl (C=O) groups is 5. The molecule has 1 spiro atoms. The zero-order valence-electron chi connectivity index (χ0n) is 39.9. The Morgan fingerprint density at radius 3 is 2.32 bits per heavy atom. The normalized spacial score (nSPS) is 20.7. The van der Waals surface area contributed by atoms with Crippen LogP contribution < -0.4 is 36.8 Å². The van der Waals surface area contributed by atoms with Crippen molar-refractivity contribution in [3.63, 3.8) is 0 Å². The van der Waals surface area contributed by atoms with E-state index in [0.29, 0.717) is 55.2 Å². The van der Waals surface area contributed by atoms with Gasteiger partial charge in [-0.1, -0.05) is 59.7 Å². The lowest BCUT2D eigenvalue weighted by Crippen LogP contribution is -2.66. The van der Waals surface area contributed by atoms with Crippen LogP contribution in [0.3, 0.4) is 0 Å². The van der Waals surface area contributed by atoms with E-state index in [2.05, 4.69) is 97.9 Å². The maximum atomic E-state index is 12.9. The molecule has 1 aromatic heterocycles. The van der Waals surface area contributed by atoms with Crippen molar-refractivity contribution >= 4 is 52.5 Å². The number of amides is 5. The third-order valence-electron chi connectivity index (χ3n) is 13.9. The van der Waals surface area contributed by atoms with Crippen molar-refractivity contribution in [1.29, 1.82) is 0 Å².